The summed E-state index contributed by atoms with van der Waals surface area (Å²) in [5.74, 6) is -0.784. The van der Waals surface area contributed by atoms with E-state index in [1.54, 1.807) is 35.0 Å². The summed E-state index contributed by atoms with van der Waals surface area (Å²) in [6.45, 7) is -0.0659. The Morgan fingerprint density at radius 1 is 1.08 bits per heavy atom. The molecule has 184 valence electrons. The van der Waals surface area contributed by atoms with Gasteiger partial charge in [0.25, 0.3) is 5.69 Å². The number of fused-ring (bicyclic) bond motifs is 1. The maximum atomic E-state index is 13.1. The highest BCUT2D eigenvalue weighted by molar-refractivity contribution is 6.00. The normalized spacial score (nSPS) is 11.7. The van der Waals surface area contributed by atoms with Gasteiger partial charge in [-0.2, -0.15) is 18.3 Å². The minimum absolute atomic E-state index is 0.0659. The van der Waals surface area contributed by atoms with Crippen molar-refractivity contribution in [3.05, 3.63) is 100.0 Å². The molecule has 2 N–H and O–H groups in total. The van der Waals surface area contributed by atoms with E-state index in [-0.39, 0.29) is 18.1 Å². The van der Waals surface area contributed by atoms with Crippen LogP contribution < -0.4 is 10.7 Å². The van der Waals surface area contributed by atoms with E-state index in [0.717, 1.165) is 17.5 Å². The number of hydrogen-bond acceptors (Lipinski definition) is 5. The van der Waals surface area contributed by atoms with Crippen molar-refractivity contribution in [3.8, 4) is 0 Å². The Bertz CT molecular complexity index is 1460. The summed E-state index contributed by atoms with van der Waals surface area (Å²) >= 11 is 0. The van der Waals surface area contributed by atoms with Crippen LogP contribution in [0.25, 0.3) is 10.9 Å². The number of rotatable bonds is 7. The van der Waals surface area contributed by atoms with Crippen molar-refractivity contribution >= 4 is 40.1 Å². The number of nitrogens with one attached hydrogen (secondary N) is 2. The molecule has 0 spiro atoms. The molecule has 0 atom stereocenters. The number of nitro benzene ring substituents is 1. The molecule has 0 aliphatic carbocycles. The lowest BCUT2D eigenvalue weighted by molar-refractivity contribution is -0.384. The Balaban J connectivity index is 1.55. The van der Waals surface area contributed by atoms with Gasteiger partial charge in [0.15, 0.2) is 0 Å². The molecule has 1 aromatic heterocycles. The molecule has 0 unspecified atom stereocenters. The van der Waals surface area contributed by atoms with Crippen LogP contribution in [0.2, 0.25) is 0 Å². The molecule has 0 aliphatic rings. The van der Waals surface area contributed by atoms with Gasteiger partial charge >= 0.3 is 6.18 Å². The first-order chi connectivity index (χ1) is 17.1. The number of anilines is 2. The van der Waals surface area contributed by atoms with Gasteiger partial charge in [0, 0.05) is 34.4 Å². The Hall–Kier alpha value is -4.74. The van der Waals surface area contributed by atoms with Crippen molar-refractivity contribution in [2.45, 2.75) is 12.7 Å². The Morgan fingerprint density at radius 3 is 2.50 bits per heavy atom. The topological polar surface area (TPSA) is 102 Å². The van der Waals surface area contributed by atoms with E-state index in [0.29, 0.717) is 22.8 Å². The zero-order chi connectivity index (χ0) is 25.9. The van der Waals surface area contributed by atoms with Gasteiger partial charge in [0.05, 0.1) is 16.7 Å². The lowest BCUT2D eigenvalue weighted by Crippen LogP contribution is -2.18. The number of hydrogen-bond donors (Lipinski definition) is 2. The number of carbonyl (C=O) groups excluding carboxylic acids is 1. The second kappa shape index (κ2) is 9.86. The van der Waals surface area contributed by atoms with E-state index >= 15 is 0 Å². The third kappa shape index (κ3) is 5.49. The maximum absolute atomic E-state index is 13.1. The average Bonchev–Trinajstić information content (AvgIpc) is 3.17. The number of nitro groups is 1. The molecule has 36 heavy (non-hydrogen) atoms. The molecule has 0 saturated carbocycles. The number of alkyl halides is 3. The lowest BCUT2D eigenvalue weighted by Gasteiger charge is -2.08. The zero-order valence-electron chi connectivity index (χ0n) is 18.3. The number of para-hydroxylation sites is 1. The zero-order valence-corrected chi connectivity index (χ0v) is 18.3. The van der Waals surface area contributed by atoms with E-state index in [2.05, 4.69) is 15.8 Å². The molecule has 0 saturated heterocycles. The molecule has 0 fully saturated rings. The summed E-state index contributed by atoms with van der Waals surface area (Å²) in [4.78, 5) is 22.8. The molecule has 0 aliphatic heterocycles. The highest BCUT2D eigenvalue weighted by Crippen LogP contribution is 2.35. The first-order valence-electron chi connectivity index (χ1n) is 10.4. The third-order valence-corrected chi connectivity index (χ3v) is 5.17. The molecule has 4 rings (SSSR count). The number of benzene rings is 3. The fourth-order valence-electron chi connectivity index (χ4n) is 3.52. The molecular formula is C24H17F4N5O3. The molecule has 3 aromatic carbocycles. The van der Waals surface area contributed by atoms with Gasteiger partial charge in [-0.1, -0.05) is 18.2 Å². The van der Waals surface area contributed by atoms with E-state index in [1.807, 2.05) is 0 Å². The highest BCUT2D eigenvalue weighted by atomic mass is 19.4. The van der Waals surface area contributed by atoms with Crippen LogP contribution in [0.15, 0.2) is 78.0 Å². The van der Waals surface area contributed by atoms with Crippen molar-refractivity contribution in [1.82, 2.24) is 4.57 Å². The number of hydrazone groups is 1. The Morgan fingerprint density at radius 2 is 1.81 bits per heavy atom. The van der Waals surface area contributed by atoms with Crippen LogP contribution >= 0.6 is 0 Å². The van der Waals surface area contributed by atoms with Crippen molar-refractivity contribution in [3.63, 3.8) is 0 Å². The largest absolute Gasteiger partial charge is 0.416 e. The van der Waals surface area contributed by atoms with Gasteiger partial charge in [-0.3, -0.25) is 20.3 Å². The summed E-state index contributed by atoms with van der Waals surface area (Å²) < 4.78 is 53.4. The van der Waals surface area contributed by atoms with Gasteiger partial charge < -0.3 is 9.88 Å². The quantitative estimate of drug-likeness (QED) is 0.145. The summed E-state index contributed by atoms with van der Waals surface area (Å²) in [7, 11) is 0. The molecule has 4 aromatic rings. The summed E-state index contributed by atoms with van der Waals surface area (Å²) in [6, 6.07) is 14.5. The second-order valence-electron chi connectivity index (χ2n) is 7.64. The van der Waals surface area contributed by atoms with E-state index < -0.39 is 28.2 Å². The molecule has 1 heterocycles. The van der Waals surface area contributed by atoms with Gasteiger partial charge in [-0.25, -0.2) is 4.39 Å². The van der Waals surface area contributed by atoms with Crippen molar-refractivity contribution in [2.24, 2.45) is 5.10 Å². The highest BCUT2D eigenvalue weighted by Gasteiger charge is 2.33. The van der Waals surface area contributed by atoms with E-state index in [9.17, 15) is 32.5 Å². The van der Waals surface area contributed by atoms with Crippen LogP contribution in [0, 0.1) is 15.9 Å². The predicted octanol–water partition coefficient (Wildman–Crippen LogP) is 5.79. The molecule has 1 amide bonds. The first kappa shape index (κ1) is 24.4. The number of halogens is 4. The third-order valence-electron chi connectivity index (χ3n) is 5.17. The van der Waals surface area contributed by atoms with Crippen LogP contribution in [0.1, 0.15) is 11.1 Å². The molecule has 12 heteroatoms. The number of nitrogens with zero attached hydrogens (tertiary/aromatic N) is 3. The van der Waals surface area contributed by atoms with Gasteiger partial charge in [-0.05, 0) is 42.5 Å². The Labute approximate surface area is 201 Å². The van der Waals surface area contributed by atoms with Crippen LogP contribution in [-0.2, 0) is 17.5 Å². The second-order valence-corrected chi connectivity index (χ2v) is 7.64. The van der Waals surface area contributed by atoms with Crippen molar-refractivity contribution in [2.75, 3.05) is 10.7 Å². The van der Waals surface area contributed by atoms with Crippen molar-refractivity contribution < 1.29 is 27.3 Å². The standard InChI is InChI=1S/C24H17F4N5O3/c25-17-6-8-18(9-7-17)30-23(34)14-32-13-15(19-3-1-2-4-21(19)32)12-29-31-20-10-5-16(24(26,27)28)11-22(20)33(35)36/h1-13,31H,14H2,(H,30,34)/b29-12-. The molecular weight excluding hydrogens is 482 g/mol. The average molecular weight is 499 g/mol. The lowest BCUT2D eigenvalue weighted by atomic mass is 10.1. The SMILES string of the molecule is O=C(Cn1cc(/C=N\Nc2ccc(C(F)(F)F)cc2[N+](=O)[O-])c2ccccc21)Nc1ccc(F)cc1. The van der Waals surface area contributed by atoms with Crippen LogP contribution in [0.3, 0.4) is 0 Å². The maximum Gasteiger partial charge on any atom is 0.416 e. The van der Waals surface area contributed by atoms with E-state index in [1.165, 1.54) is 30.5 Å². The summed E-state index contributed by atoms with van der Waals surface area (Å²) in [5.41, 5.74) is 1.97. The van der Waals surface area contributed by atoms with Crippen LogP contribution in [0.4, 0.5) is 34.6 Å². The Kier molecular flexibility index (Phi) is 6.68. The summed E-state index contributed by atoms with van der Waals surface area (Å²) in [5, 5.41) is 18.6. The number of carbonyl (C=O) groups is 1. The van der Waals surface area contributed by atoms with Crippen LogP contribution in [-0.4, -0.2) is 21.6 Å². The minimum Gasteiger partial charge on any atom is -0.337 e. The molecule has 8 nitrogen and oxygen atoms in total. The number of amides is 1. The predicted molar refractivity (Wildman–Crippen MR) is 126 cm³/mol. The van der Waals surface area contributed by atoms with E-state index in [4.69, 9.17) is 0 Å². The fourth-order valence-corrected chi connectivity index (χ4v) is 3.52. The van der Waals surface area contributed by atoms with Crippen molar-refractivity contribution in [1.29, 1.82) is 0 Å². The van der Waals surface area contributed by atoms with Crippen LogP contribution in [0.5, 0.6) is 0 Å². The number of aromatic nitrogens is 1. The monoisotopic (exact) mass is 499 g/mol. The molecule has 0 bridgehead atoms. The first-order valence-corrected chi connectivity index (χ1v) is 10.4. The molecule has 0 radical (unpaired) electrons. The van der Waals surface area contributed by atoms with Gasteiger partial charge in [0.2, 0.25) is 5.91 Å². The fraction of sp³-hybridized carbons (Fsp3) is 0.0833. The minimum atomic E-state index is -4.72. The van der Waals surface area contributed by atoms with Gasteiger partial charge in [0.1, 0.15) is 18.0 Å². The van der Waals surface area contributed by atoms with Gasteiger partial charge in [-0.15, -0.1) is 0 Å². The summed E-state index contributed by atoms with van der Waals surface area (Å²) in [6.07, 6.45) is -1.74. The smallest absolute Gasteiger partial charge is 0.337 e.